The number of aliphatic hydroxyl groups excluding tert-OH is 1. The van der Waals surface area contributed by atoms with E-state index in [0.29, 0.717) is 18.4 Å². The van der Waals surface area contributed by atoms with Crippen LogP contribution in [-0.2, 0) is 0 Å². The smallest absolute Gasteiger partial charge is 0.225 e. The van der Waals surface area contributed by atoms with Crippen LogP contribution in [0.5, 0.6) is 0 Å². The van der Waals surface area contributed by atoms with E-state index < -0.39 is 5.23 Å². The van der Waals surface area contributed by atoms with Gasteiger partial charge in [0.1, 0.15) is 0 Å². The minimum absolute atomic E-state index is 0.0263. The molecule has 20 heavy (non-hydrogen) atoms. The second-order valence-corrected chi connectivity index (χ2v) is 5.49. The molecule has 0 aliphatic heterocycles. The molecule has 0 radical (unpaired) electrons. The van der Waals surface area contributed by atoms with E-state index in [4.69, 9.17) is 21.9 Å². The van der Waals surface area contributed by atoms with Crippen LogP contribution in [0.15, 0.2) is 6.20 Å². The minimum atomic E-state index is -1.08. The van der Waals surface area contributed by atoms with E-state index in [9.17, 15) is 5.21 Å². The highest BCUT2D eigenvalue weighted by Crippen LogP contribution is 2.29. The van der Waals surface area contributed by atoms with Crippen molar-refractivity contribution in [2.75, 3.05) is 18.5 Å². The van der Waals surface area contributed by atoms with Gasteiger partial charge in [0.2, 0.25) is 11.0 Å². The van der Waals surface area contributed by atoms with Crippen molar-refractivity contribution in [3.63, 3.8) is 0 Å². The summed E-state index contributed by atoms with van der Waals surface area (Å²) in [6.45, 7) is 0.913. The predicted molar refractivity (Wildman–Crippen MR) is 73.8 cm³/mol. The number of aromatic nitrogens is 2. The van der Waals surface area contributed by atoms with E-state index in [0.717, 1.165) is 25.7 Å². The summed E-state index contributed by atoms with van der Waals surface area (Å²) in [6, 6.07) is 0. The second kappa shape index (κ2) is 7.14. The molecule has 0 bridgehead atoms. The molecule has 2 rings (SSSR count). The average Bonchev–Trinajstić information content (AvgIpc) is 2.45. The molecule has 112 valence electrons. The fraction of sp³-hybridized carbons (Fsp3) is 0.667. The summed E-state index contributed by atoms with van der Waals surface area (Å²) in [5.74, 6) is 1.14. The Morgan fingerprint density at radius 2 is 2.00 bits per heavy atom. The van der Waals surface area contributed by atoms with Crippen molar-refractivity contribution in [3.8, 4) is 0 Å². The Morgan fingerprint density at radius 3 is 2.60 bits per heavy atom. The number of halogens is 1. The van der Waals surface area contributed by atoms with Gasteiger partial charge in [-0.2, -0.15) is 10.2 Å². The van der Waals surface area contributed by atoms with Crippen molar-refractivity contribution >= 4 is 23.1 Å². The lowest BCUT2D eigenvalue weighted by molar-refractivity contribution is -0.991. The van der Waals surface area contributed by atoms with Gasteiger partial charge in [-0.25, -0.2) is 10.2 Å². The van der Waals surface area contributed by atoms with Crippen LogP contribution in [0.25, 0.3) is 0 Å². The fourth-order valence-electron chi connectivity index (χ4n) is 2.51. The molecule has 1 aliphatic carbocycles. The molecular weight excluding hydrogens is 284 g/mol. The van der Waals surface area contributed by atoms with Crippen LogP contribution in [0.1, 0.15) is 25.7 Å². The topological polar surface area (TPSA) is 106 Å². The highest BCUT2D eigenvalue weighted by molar-refractivity contribution is 6.28. The maximum absolute atomic E-state index is 11.1. The number of anilines is 1. The third kappa shape index (κ3) is 4.00. The van der Waals surface area contributed by atoms with E-state index in [1.807, 2.05) is 0 Å². The lowest BCUT2D eigenvalue weighted by Gasteiger charge is -2.27. The largest absolute Gasteiger partial charge is 0.595 e. The SMILES string of the molecule is [O-][NH+](O)c1cnc(Cl)nc1NCC1CCC(CO)CC1. The van der Waals surface area contributed by atoms with Crippen molar-refractivity contribution in [2.45, 2.75) is 25.7 Å². The van der Waals surface area contributed by atoms with Crippen LogP contribution in [-0.4, -0.2) is 33.4 Å². The Hall–Kier alpha value is -0.990. The van der Waals surface area contributed by atoms with Crippen LogP contribution in [0, 0.1) is 17.0 Å². The summed E-state index contributed by atoms with van der Waals surface area (Å²) < 4.78 is 0. The molecular formula is C12H19ClN4O3. The van der Waals surface area contributed by atoms with E-state index >= 15 is 0 Å². The molecule has 1 saturated carbocycles. The minimum Gasteiger partial charge on any atom is -0.595 e. The zero-order chi connectivity index (χ0) is 14.5. The van der Waals surface area contributed by atoms with Gasteiger partial charge in [-0.3, -0.25) is 0 Å². The molecule has 1 aromatic rings. The molecule has 1 atom stereocenters. The van der Waals surface area contributed by atoms with Gasteiger partial charge < -0.3 is 15.6 Å². The molecule has 0 aromatic carbocycles. The molecule has 1 fully saturated rings. The molecule has 1 heterocycles. The summed E-state index contributed by atoms with van der Waals surface area (Å²) in [4.78, 5) is 7.61. The third-order valence-corrected chi connectivity index (χ3v) is 3.95. The van der Waals surface area contributed by atoms with E-state index in [1.165, 1.54) is 6.20 Å². The number of nitrogens with zero attached hydrogens (tertiary/aromatic N) is 2. The lowest BCUT2D eigenvalue weighted by atomic mass is 9.82. The zero-order valence-corrected chi connectivity index (χ0v) is 11.8. The van der Waals surface area contributed by atoms with E-state index in [1.54, 1.807) is 0 Å². The van der Waals surface area contributed by atoms with Crippen molar-refractivity contribution in [1.82, 2.24) is 9.97 Å². The predicted octanol–water partition coefficient (Wildman–Crippen LogP) is 0.744. The number of hydrogen-bond acceptors (Lipinski definition) is 6. The molecule has 1 unspecified atom stereocenters. The zero-order valence-electron chi connectivity index (χ0n) is 11.0. The van der Waals surface area contributed by atoms with Gasteiger partial charge >= 0.3 is 0 Å². The first-order valence-electron chi connectivity index (χ1n) is 6.70. The van der Waals surface area contributed by atoms with Crippen LogP contribution in [0.3, 0.4) is 0 Å². The van der Waals surface area contributed by atoms with Gasteiger partial charge in [-0.15, -0.1) is 0 Å². The Morgan fingerprint density at radius 1 is 1.35 bits per heavy atom. The van der Waals surface area contributed by atoms with Gasteiger partial charge in [-0.05, 0) is 49.1 Å². The summed E-state index contributed by atoms with van der Waals surface area (Å²) >= 11 is 5.70. The number of quaternary nitrogens is 1. The molecule has 8 heteroatoms. The summed E-state index contributed by atoms with van der Waals surface area (Å²) in [6.07, 6.45) is 5.29. The van der Waals surface area contributed by atoms with Crippen molar-refractivity contribution < 1.29 is 15.5 Å². The van der Waals surface area contributed by atoms with E-state index in [2.05, 4.69) is 15.3 Å². The lowest BCUT2D eigenvalue weighted by Crippen LogP contribution is -2.99. The maximum atomic E-state index is 11.1. The van der Waals surface area contributed by atoms with Crippen LogP contribution >= 0.6 is 11.6 Å². The first kappa shape index (κ1) is 15.4. The second-order valence-electron chi connectivity index (χ2n) is 5.16. The monoisotopic (exact) mass is 302 g/mol. The summed E-state index contributed by atoms with van der Waals surface area (Å²) in [7, 11) is 0. The third-order valence-electron chi connectivity index (χ3n) is 3.77. The molecule has 0 amide bonds. The highest BCUT2D eigenvalue weighted by Gasteiger charge is 2.21. The van der Waals surface area contributed by atoms with Crippen LogP contribution in [0.4, 0.5) is 11.5 Å². The Bertz CT molecular complexity index is 439. The van der Waals surface area contributed by atoms with Crippen LogP contribution < -0.4 is 10.5 Å². The average molecular weight is 303 g/mol. The molecule has 1 aliphatic rings. The number of rotatable bonds is 5. The number of nitrogens with one attached hydrogen (secondary N) is 2. The molecule has 0 spiro atoms. The Balaban J connectivity index is 1.92. The van der Waals surface area contributed by atoms with Gasteiger partial charge in [-0.1, -0.05) is 0 Å². The van der Waals surface area contributed by atoms with Crippen molar-refractivity contribution in [2.24, 2.45) is 11.8 Å². The van der Waals surface area contributed by atoms with Crippen molar-refractivity contribution in [1.29, 1.82) is 0 Å². The Labute approximate surface area is 122 Å². The molecule has 7 nitrogen and oxygen atoms in total. The summed E-state index contributed by atoms with van der Waals surface area (Å²) in [5.41, 5.74) is 0.0263. The number of hydrogen-bond donors (Lipinski definition) is 4. The van der Waals surface area contributed by atoms with Gasteiger partial charge in [0, 0.05) is 13.2 Å². The first-order chi connectivity index (χ1) is 9.60. The normalized spacial score (nSPS) is 24.4. The van der Waals surface area contributed by atoms with Gasteiger partial charge in [0.15, 0.2) is 5.82 Å². The van der Waals surface area contributed by atoms with E-state index in [-0.39, 0.29) is 23.4 Å². The van der Waals surface area contributed by atoms with Gasteiger partial charge in [0.05, 0.1) is 6.20 Å². The molecule has 1 aromatic heterocycles. The number of aliphatic hydroxyl groups is 1. The standard InChI is InChI=1S/C12H19ClN4O3/c13-12-15-6-10(17(19)20)11(16-12)14-5-8-1-3-9(7-18)4-2-8/h6,8-9,17-19H,1-5,7H2,(H,14,15,16). The fourth-order valence-corrected chi connectivity index (χ4v) is 2.64. The Kier molecular flexibility index (Phi) is 5.50. The quantitative estimate of drug-likeness (QED) is 0.472. The summed E-state index contributed by atoms with van der Waals surface area (Å²) in [5, 5.41) is 31.3. The first-order valence-corrected chi connectivity index (χ1v) is 7.08. The van der Waals surface area contributed by atoms with Crippen molar-refractivity contribution in [3.05, 3.63) is 16.7 Å². The molecule has 0 saturated heterocycles. The highest BCUT2D eigenvalue weighted by atomic mass is 35.5. The van der Waals surface area contributed by atoms with Crippen LogP contribution in [0.2, 0.25) is 5.28 Å². The maximum Gasteiger partial charge on any atom is 0.225 e. The van der Waals surface area contributed by atoms with Gasteiger partial charge in [0.25, 0.3) is 0 Å². The molecule has 4 N–H and O–H groups in total.